The van der Waals surface area contributed by atoms with E-state index in [1.165, 1.54) is 13.2 Å². The average Bonchev–Trinajstić information content (AvgIpc) is 3.10. The number of hydrogen-bond donors (Lipinski definition) is 1. The minimum atomic E-state index is -0.654. The van der Waals surface area contributed by atoms with Crippen LogP contribution in [-0.4, -0.2) is 54.3 Å². The average molecular weight is 527 g/mol. The Bertz CT molecular complexity index is 1220. The summed E-state index contributed by atoms with van der Waals surface area (Å²) in [6.07, 6.45) is 1.18. The van der Waals surface area contributed by atoms with Gasteiger partial charge in [-0.15, -0.1) is 0 Å². The fraction of sp³-hybridized carbons (Fsp3) is 0.333. The number of anilines is 1. The summed E-state index contributed by atoms with van der Waals surface area (Å²) in [5, 5.41) is 2.32. The summed E-state index contributed by atoms with van der Waals surface area (Å²) in [5.74, 6) is -0.601. The number of carbonyl (C=O) groups is 4. The molecule has 0 aromatic heterocycles. The van der Waals surface area contributed by atoms with Crippen LogP contribution in [0.3, 0.4) is 0 Å². The number of amides is 3. The highest BCUT2D eigenvalue weighted by Crippen LogP contribution is 2.34. The van der Waals surface area contributed by atoms with Crippen LogP contribution >= 0.6 is 11.8 Å². The first-order valence-electron chi connectivity index (χ1n) is 11.7. The SMILES string of the molecule is COc1cc(/C=C2/SC(=O)N(CC(=O)OC(C)C)C2=O)ccc1OCC(=O)Nc1ccccc1C(C)C. The Morgan fingerprint density at radius 1 is 1.05 bits per heavy atom. The summed E-state index contributed by atoms with van der Waals surface area (Å²) in [6, 6.07) is 12.5. The number of esters is 1. The maximum atomic E-state index is 12.7. The highest BCUT2D eigenvalue weighted by atomic mass is 32.2. The fourth-order valence-corrected chi connectivity index (χ4v) is 4.39. The van der Waals surface area contributed by atoms with Crippen molar-refractivity contribution in [3.8, 4) is 11.5 Å². The summed E-state index contributed by atoms with van der Waals surface area (Å²) < 4.78 is 16.1. The fourth-order valence-electron chi connectivity index (χ4n) is 3.55. The quantitative estimate of drug-likeness (QED) is 0.346. The zero-order valence-corrected chi connectivity index (χ0v) is 22.2. The van der Waals surface area contributed by atoms with Crippen molar-refractivity contribution in [2.24, 2.45) is 0 Å². The first kappa shape index (κ1) is 27.8. The third-order valence-corrected chi connectivity index (χ3v) is 6.14. The van der Waals surface area contributed by atoms with Crippen LogP contribution < -0.4 is 14.8 Å². The predicted octanol–water partition coefficient (Wildman–Crippen LogP) is 4.82. The van der Waals surface area contributed by atoms with Crippen molar-refractivity contribution in [1.82, 2.24) is 4.90 Å². The molecule has 2 aromatic rings. The minimum Gasteiger partial charge on any atom is -0.493 e. The summed E-state index contributed by atoms with van der Waals surface area (Å²) in [4.78, 5) is 50.3. The lowest BCUT2D eigenvalue weighted by Gasteiger charge is -2.15. The highest BCUT2D eigenvalue weighted by Gasteiger charge is 2.36. The molecule has 0 bridgehead atoms. The van der Waals surface area contributed by atoms with Gasteiger partial charge < -0.3 is 19.5 Å². The molecule has 196 valence electrons. The number of thioether (sulfide) groups is 1. The Balaban J connectivity index is 1.66. The van der Waals surface area contributed by atoms with Crippen LogP contribution in [0.15, 0.2) is 47.4 Å². The van der Waals surface area contributed by atoms with Gasteiger partial charge in [0.1, 0.15) is 6.54 Å². The third-order valence-electron chi connectivity index (χ3n) is 5.23. The number of hydrogen-bond acceptors (Lipinski definition) is 8. The molecule has 1 N–H and O–H groups in total. The molecule has 3 rings (SSSR count). The molecule has 1 saturated heterocycles. The molecule has 1 fully saturated rings. The van der Waals surface area contributed by atoms with Crippen molar-refractivity contribution in [1.29, 1.82) is 0 Å². The highest BCUT2D eigenvalue weighted by molar-refractivity contribution is 8.18. The van der Waals surface area contributed by atoms with Crippen molar-refractivity contribution in [2.75, 3.05) is 25.6 Å². The number of rotatable bonds is 10. The molecule has 1 aliphatic heterocycles. The van der Waals surface area contributed by atoms with E-state index in [-0.39, 0.29) is 29.4 Å². The monoisotopic (exact) mass is 526 g/mol. The van der Waals surface area contributed by atoms with Crippen LogP contribution in [0.5, 0.6) is 11.5 Å². The summed E-state index contributed by atoms with van der Waals surface area (Å²) in [6.45, 7) is 6.80. The van der Waals surface area contributed by atoms with Gasteiger partial charge in [0.2, 0.25) is 0 Å². The van der Waals surface area contributed by atoms with E-state index in [4.69, 9.17) is 14.2 Å². The van der Waals surface area contributed by atoms with E-state index in [1.54, 1.807) is 32.0 Å². The van der Waals surface area contributed by atoms with Crippen molar-refractivity contribution in [3.05, 3.63) is 58.5 Å². The lowest BCUT2D eigenvalue weighted by molar-refractivity contribution is -0.149. The molecular formula is C27H30N2O7S. The van der Waals surface area contributed by atoms with Crippen LogP contribution in [0, 0.1) is 0 Å². The minimum absolute atomic E-state index is 0.168. The molecule has 9 nitrogen and oxygen atoms in total. The first-order chi connectivity index (χ1) is 17.6. The molecule has 37 heavy (non-hydrogen) atoms. The summed E-state index contributed by atoms with van der Waals surface area (Å²) in [7, 11) is 1.46. The second-order valence-corrected chi connectivity index (χ2v) is 9.79. The Morgan fingerprint density at radius 3 is 2.46 bits per heavy atom. The van der Waals surface area contributed by atoms with Crippen molar-refractivity contribution >= 4 is 46.5 Å². The molecular weight excluding hydrogens is 496 g/mol. The van der Waals surface area contributed by atoms with E-state index < -0.39 is 23.7 Å². The molecule has 0 aliphatic carbocycles. The van der Waals surface area contributed by atoms with Gasteiger partial charge in [-0.3, -0.25) is 24.1 Å². The van der Waals surface area contributed by atoms with Gasteiger partial charge in [-0.2, -0.15) is 0 Å². The third kappa shape index (κ3) is 7.36. The molecule has 0 spiro atoms. The van der Waals surface area contributed by atoms with Crippen LogP contribution in [0.25, 0.3) is 6.08 Å². The number of ether oxygens (including phenoxy) is 3. The number of nitrogens with one attached hydrogen (secondary N) is 1. The number of methoxy groups -OCH3 is 1. The zero-order valence-electron chi connectivity index (χ0n) is 21.4. The van der Waals surface area contributed by atoms with Crippen LogP contribution in [0.1, 0.15) is 44.7 Å². The van der Waals surface area contributed by atoms with Gasteiger partial charge >= 0.3 is 5.97 Å². The summed E-state index contributed by atoms with van der Waals surface area (Å²) in [5.41, 5.74) is 2.34. The van der Waals surface area contributed by atoms with Crippen LogP contribution in [0.2, 0.25) is 0 Å². The Morgan fingerprint density at radius 2 is 1.78 bits per heavy atom. The number of benzene rings is 2. The van der Waals surface area contributed by atoms with Gasteiger partial charge in [-0.1, -0.05) is 38.1 Å². The lowest BCUT2D eigenvalue weighted by Crippen LogP contribution is -2.35. The van der Waals surface area contributed by atoms with Gasteiger partial charge in [0, 0.05) is 5.69 Å². The molecule has 2 aromatic carbocycles. The van der Waals surface area contributed by atoms with Crippen molar-refractivity contribution < 1.29 is 33.4 Å². The number of para-hydroxylation sites is 1. The number of imide groups is 1. The Labute approximate surface area is 220 Å². The number of nitrogens with zero attached hydrogens (tertiary/aromatic N) is 1. The molecule has 1 heterocycles. The molecule has 3 amide bonds. The molecule has 10 heteroatoms. The van der Waals surface area contributed by atoms with E-state index in [0.29, 0.717) is 17.1 Å². The van der Waals surface area contributed by atoms with Gasteiger partial charge in [0.05, 0.1) is 18.1 Å². The van der Waals surface area contributed by atoms with Gasteiger partial charge in [-0.05, 0) is 66.9 Å². The second kappa shape index (κ2) is 12.4. The first-order valence-corrected chi connectivity index (χ1v) is 12.5. The molecule has 0 radical (unpaired) electrons. The topological polar surface area (TPSA) is 111 Å². The summed E-state index contributed by atoms with van der Waals surface area (Å²) >= 11 is 0.739. The Hall–Kier alpha value is -3.79. The van der Waals surface area contributed by atoms with E-state index >= 15 is 0 Å². The predicted molar refractivity (Wildman–Crippen MR) is 142 cm³/mol. The maximum Gasteiger partial charge on any atom is 0.326 e. The smallest absolute Gasteiger partial charge is 0.326 e. The largest absolute Gasteiger partial charge is 0.493 e. The normalized spacial score (nSPS) is 14.5. The molecule has 0 unspecified atom stereocenters. The molecule has 0 saturated carbocycles. The molecule has 1 aliphatic rings. The molecule has 0 atom stereocenters. The van der Waals surface area contributed by atoms with Gasteiger partial charge in [0.15, 0.2) is 18.1 Å². The van der Waals surface area contributed by atoms with E-state index in [0.717, 1.165) is 27.9 Å². The van der Waals surface area contributed by atoms with Crippen molar-refractivity contribution in [2.45, 2.75) is 39.7 Å². The second-order valence-electron chi connectivity index (χ2n) is 8.80. The zero-order chi connectivity index (χ0) is 27.1. The Kier molecular flexibility index (Phi) is 9.35. The lowest BCUT2D eigenvalue weighted by atomic mass is 10.0. The van der Waals surface area contributed by atoms with E-state index in [9.17, 15) is 19.2 Å². The van der Waals surface area contributed by atoms with Crippen molar-refractivity contribution in [3.63, 3.8) is 0 Å². The standard InChI is InChI=1S/C27H30N2O7S/c1-16(2)19-8-6-7-9-20(19)28-24(30)15-35-21-11-10-18(12-22(21)34-5)13-23-26(32)29(27(33)37-23)14-25(31)36-17(3)4/h6-13,16-17H,14-15H2,1-5H3,(H,28,30)/b23-13+. The van der Waals surface area contributed by atoms with Gasteiger partial charge in [-0.25, -0.2) is 0 Å². The van der Waals surface area contributed by atoms with E-state index in [1.807, 2.05) is 24.3 Å². The van der Waals surface area contributed by atoms with E-state index in [2.05, 4.69) is 19.2 Å². The van der Waals surface area contributed by atoms with Gasteiger partial charge in [0.25, 0.3) is 17.1 Å². The maximum absolute atomic E-state index is 12.7. The number of carbonyl (C=O) groups excluding carboxylic acids is 4. The van der Waals surface area contributed by atoms with Crippen LogP contribution in [0.4, 0.5) is 10.5 Å². The van der Waals surface area contributed by atoms with Crippen LogP contribution in [-0.2, 0) is 19.1 Å².